The molecule has 0 radical (unpaired) electrons. The van der Waals surface area contributed by atoms with Gasteiger partial charge in [0.2, 0.25) is 15.9 Å². The number of benzene rings is 1. The van der Waals surface area contributed by atoms with Crippen LogP contribution in [0.3, 0.4) is 0 Å². The molecule has 7 nitrogen and oxygen atoms in total. The molecule has 0 atom stereocenters. The number of carbonyl (C=O) groups excluding carboxylic acids is 1. The van der Waals surface area contributed by atoms with E-state index < -0.39 is 10.0 Å². The lowest BCUT2D eigenvalue weighted by Crippen LogP contribution is -2.45. The van der Waals surface area contributed by atoms with Gasteiger partial charge in [0, 0.05) is 32.7 Å². The maximum absolute atomic E-state index is 12.3. The van der Waals surface area contributed by atoms with Gasteiger partial charge in [-0.3, -0.25) is 9.10 Å². The molecule has 27 heavy (non-hydrogen) atoms. The lowest BCUT2D eigenvalue weighted by molar-refractivity contribution is -0.119. The van der Waals surface area contributed by atoms with Gasteiger partial charge in [0.15, 0.2) is 0 Å². The van der Waals surface area contributed by atoms with Crippen molar-refractivity contribution in [1.82, 2.24) is 15.1 Å². The minimum absolute atomic E-state index is 0.196. The summed E-state index contributed by atoms with van der Waals surface area (Å²) in [4.78, 5) is 17.0. The molecule has 0 spiro atoms. The Hall–Kier alpha value is -1.64. The summed E-state index contributed by atoms with van der Waals surface area (Å²) >= 11 is 0. The van der Waals surface area contributed by atoms with Crippen molar-refractivity contribution in [2.45, 2.75) is 19.8 Å². The number of hydrogen-bond acceptors (Lipinski definition) is 5. The monoisotopic (exact) mass is 396 g/mol. The molecule has 8 heteroatoms. The average molecular weight is 397 g/mol. The molecule has 1 amide bonds. The first-order valence-corrected chi connectivity index (χ1v) is 11.4. The van der Waals surface area contributed by atoms with Crippen LogP contribution < -0.4 is 9.62 Å². The van der Waals surface area contributed by atoms with E-state index in [1.54, 1.807) is 12.1 Å². The number of sulfonamides is 1. The third-order valence-electron chi connectivity index (χ3n) is 4.89. The van der Waals surface area contributed by atoms with Crippen molar-refractivity contribution in [3.05, 3.63) is 29.8 Å². The lowest BCUT2D eigenvalue weighted by atomic mass is 10.1. The van der Waals surface area contributed by atoms with E-state index in [0.717, 1.165) is 61.7 Å². The standard InChI is InChI=1S/C19H32N4O3S/c1-4-17-6-8-18(9-7-17)23(27(3,25)26)16-19(24)20-10-5-11-22-14-12-21(2)13-15-22/h6-9H,4-5,10-16H2,1-3H3,(H,20,24). The lowest BCUT2D eigenvalue weighted by Gasteiger charge is -2.32. The van der Waals surface area contributed by atoms with Gasteiger partial charge in [-0.2, -0.15) is 0 Å². The summed E-state index contributed by atoms with van der Waals surface area (Å²) in [6.07, 6.45) is 2.87. The first-order valence-electron chi connectivity index (χ1n) is 9.54. The van der Waals surface area contributed by atoms with Gasteiger partial charge in [0.25, 0.3) is 0 Å². The fourth-order valence-electron chi connectivity index (χ4n) is 3.09. The first kappa shape index (κ1) is 21.7. The molecule has 1 aliphatic heterocycles. The van der Waals surface area contributed by atoms with E-state index in [-0.39, 0.29) is 12.5 Å². The second-order valence-corrected chi connectivity index (χ2v) is 9.04. The predicted molar refractivity (Wildman–Crippen MR) is 110 cm³/mol. The number of anilines is 1. The van der Waals surface area contributed by atoms with Gasteiger partial charge in [0.05, 0.1) is 11.9 Å². The van der Waals surface area contributed by atoms with Crippen molar-refractivity contribution >= 4 is 21.6 Å². The van der Waals surface area contributed by atoms with Crippen LogP contribution in [0.1, 0.15) is 18.9 Å². The normalized spacial score (nSPS) is 16.3. The maximum atomic E-state index is 12.3. The molecule has 0 bridgehead atoms. The first-order chi connectivity index (χ1) is 12.8. The number of nitrogens with one attached hydrogen (secondary N) is 1. The predicted octanol–water partition coefficient (Wildman–Crippen LogP) is 0.769. The maximum Gasteiger partial charge on any atom is 0.240 e. The molecule has 1 N–H and O–H groups in total. The largest absolute Gasteiger partial charge is 0.354 e. The van der Waals surface area contributed by atoms with Crippen molar-refractivity contribution < 1.29 is 13.2 Å². The van der Waals surface area contributed by atoms with Crippen LogP contribution in [0.4, 0.5) is 5.69 Å². The zero-order valence-electron chi connectivity index (χ0n) is 16.6. The summed E-state index contributed by atoms with van der Waals surface area (Å²) in [5.74, 6) is -0.279. The number of hydrogen-bond donors (Lipinski definition) is 1. The second-order valence-electron chi connectivity index (χ2n) is 7.14. The molecule has 152 valence electrons. The van der Waals surface area contributed by atoms with E-state index in [2.05, 4.69) is 22.2 Å². The molecule has 1 saturated heterocycles. The molecule has 1 aromatic carbocycles. The van der Waals surface area contributed by atoms with Crippen molar-refractivity contribution in [2.75, 3.05) is 63.4 Å². The minimum Gasteiger partial charge on any atom is -0.354 e. The second kappa shape index (κ2) is 10.1. The molecule has 1 heterocycles. The zero-order valence-corrected chi connectivity index (χ0v) is 17.5. The highest BCUT2D eigenvalue weighted by Crippen LogP contribution is 2.18. The van der Waals surface area contributed by atoms with Crippen molar-refractivity contribution in [2.24, 2.45) is 0 Å². The van der Waals surface area contributed by atoms with Crippen LogP contribution >= 0.6 is 0 Å². The van der Waals surface area contributed by atoms with Gasteiger partial charge in [-0.25, -0.2) is 8.42 Å². The highest BCUT2D eigenvalue weighted by Gasteiger charge is 2.20. The Morgan fingerprint density at radius 3 is 2.33 bits per heavy atom. The number of aryl methyl sites for hydroxylation is 1. The van der Waals surface area contributed by atoms with Crippen LogP contribution in [0.15, 0.2) is 24.3 Å². The summed E-state index contributed by atoms with van der Waals surface area (Å²) in [7, 11) is -1.40. The van der Waals surface area contributed by atoms with Crippen LogP contribution in [0.2, 0.25) is 0 Å². The van der Waals surface area contributed by atoms with Crippen molar-refractivity contribution in [1.29, 1.82) is 0 Å². The molecule has 0 aromatic heterocycles. The van der Waals surface area contributed by atoms with Crippen LogP contribution in [0, 0.1) is 0 Å². The Morgan fingerprint density at radius 1 is 1.15 bits per heavy atom. The number of piperazine rings is 1. The van der Waals surface area contributed by atoms with Gasteiger partial charge in [-0.1, -0.05) is 19.1 Å². The summed E-state index contributed by atoms with van der Waals surface area (Å²) in [5, 5.41) is 2.84. The third-order valence-corrected chi connectivity index (χ3v) is 6.03. The Labute approximate surface area is 163 Å². The van der Waals surface area contributed by atoms with E-state index in [1.165, 1.54) is 0 Å². The fourth-order valence-corrected chi connectivity index (χ4v) is 3.94. The molecule has 0 unspecified atom stereocenters. The number of nitrogens with zero attached hydrogens (tertiary/aromatic N) is 3. The Bertz CT molecular complexity index is 698. The molecule has 1 aliphatic rings. The summed E-state index contributed by atoms with van der Waals surface area (Å²) in [5.41, 5.74) is 1.64. The number of carbonyl (C=O) groups is 1. The van der Waals surface area contributed by atoms with Gasteiger partial charge in [-0.15, -0.1) is 0 Å². The molecule has 1 fully saturated rings. The third kappa shape index (κ3) is 7.12. The van der Waals surface area contributed by atoms with E-state index in [0.29, 0.717) is 12.2 Å². The average Bonchev–Trinajstić information content (AvgIpc) is 2.64. The van der Waals surface area contributed by atoms with Gasteiger partial charge in [0.1, 0.15) is 6.54 Å². The summed E-state index contributed by atoms with van der Waals surface area (Å²) in [6.45, 7) is 7.61. The quantitative estimate of drug-likeness (QED) is 0.624. The van der Waals surface area contributed by atoms with Crippen LogP contribution in [0.5, 0.6) is 0 Å². The Balaban J connectivity index is 1.81. The van der Waals surface area contributed by atoms with E-state index in [4.69, 9.17) is 0 Å². The fraction of sp³-hybridized carbons (Fsp3) is 0.632. The van der Waals surface area contributed by atoms with Crippen molar-refractivity contribution in [3.63, 3.8) is 0 Å². The van der Waals surface area contributed by atoms with Crippen molar-refractivity contribution in [3.8, 4) is 0 Å². The van der Waals surface area contributed by atoms with E-state index >= 15 is 0 Å². The highest BCUT2D eigenvalue weighted by molar-refractivity contribution is 7.92. The number of amides is 1. The molecular formula is C19H32N4O3S. The van der Waals surface area contributed by atoms with Crippen LogP contribution in [0.25, 0.3) is 0 Å². The Morgan fingerprint density at radius 2 is 1.78 bits per heavy atom. The van der Waals surface area contributed by atoms with Gasteiger partial charge in [-0.05, 0) is 44.1 Å². The number of rotatable bonds is 9. The van der Waals surface area contributed by atoms with Crippen LogP contribution in [-0.2, 0) is 21.2 Å². The smallest absolute Gasteiger partial charge is 0.240 e. The number of likely N-dealkylation sites (N-methyl/N-ethyl adjacent to an activating group) is 1. The molecule has 0 aliphatic carbocycles. The van der Waals surface area contributed by atoms with E-state index in [9.17, 15) is 13.2 Å². The SMILES string of the molecule is CCc1ccc(N(CC(=O)NCCCN2CCN(C)CC2)S(C)(=O)=O)cc1. The summed E-state index contributed by atoms with van der Waals surface area (Å²) in [6, 6.07) is 7.28. The molecular weight excluding hydrogens is 364 g/mol. The minimum atomic E-state index is -3.53. The van der Waals surface area contributed by atoms with Crippen LogP contribution in [-0.4, -0.2) is 83.2 Å². The topological polar surface area (TPSA) is 73.0 Å². The highest BCUT2D eigenvalue weighted by atomic mass is 32.2. The molecule has 1 aromatic rings. The molecule has 0 saturated carbocycles. The molecule has 2 rings (SSSR count). The Kier molecular flexibility index (Phi) is 8.07. The van der Waals surface area contributed by atoms with Gasteiger partial charge >= 0.3 is 0 Å². The van der Waals surface area contributed by atoms with E-state index in [1.807, 2.05) is 19.1 Å². The summed E-state index contributed by atoms with van der Waals surface area (Å²) < 4.78 is 25.4. The zero-order chi connectivity index (χ0) is 19.9. The van der Waals surface area contributed by atoms with Gasteiger partial charge < -0.3 is 15.1 Å².